The molecule has 1 unspecified atom stereocenters. The Balaban J connectivity index is 3.22. The van der Waals surface area contributed by atoms with Gasteiger partial charge < -0.3 is 10.2 Å². The quantitative estimate of drug-likeness (QED) is 0.674. The first kappa shape index (κ1) is 11.1. The average Bonchev–Trinajstić information content (AvgIpc) is 1.86. The van der Waals surface area contributed by atoms with Gasteiger partial charge in [-0.15, -0.1) is 0 Å². The van der Waals surface area contributed by atoms with Crippen molar-refractivity contribution in [2.24, 2.45) is 0 Å². The third-order valence-electron chi connectivity index (χ3n) is 1.40. The zero-order valence-corrected chi connectivity index (χ0v) is 8.18. The van der Waals surface area contributed by atoms with Gasteiger partial charge >= 0.3 is 0 Å². The Bertz CT molecular complexity index is 115. The second-order valence-corrected chi connectivity index (χ2v) is 3.72. The molecule has 2 N–H and O–H groups in total. The van der Waals surface area contributed by atoms with Crippen molar-refractivity contribution in [2.75, 3.05) is 6.61 Å². The number of unbranched alkanes of at least 4 members (excludes halogenated alkanes) is 1. The molecule has 0 saturated carbocycles. The maximum Gasteiger partial charge on any atom is 0.0585 e. The van der Waals surface area contributed by atoms with Crippen LogP contribution in [0.5, 0.6) is 0 Å². The summed E-state index contributed by atoms with van der Waals surface area (Å²) in [6, 6.07) is 0. The third-order valence-corrected chi connectivity index (χ3v) is 1.73. The zero-order valence-electron chi connectivity index (χ0n) is 6.59. The van der Waals surface area contributed by atoms with E-state index in [2.05, 4.69) is 22.5 Å². The van der Waals surface area contributed by atoms with Gasteiger partial charge in [-0.05, 0) is 23.7 Å². The van der Waals surface area contributed by atoms with E-state index in [1.54, 1.807) is 0 Å². The van der Waals surface area contributed by atoms with Crippen molar-refractivity contribution in [3.8, 4) is 0 Å². The van der Waals surface area contributed by atoms with Crippen LogP contribution in [0.1, 0.15) is 25.7 Å². The molecule has 0 aromatic heterocycles. The van der Waals surface area contributed by atoms with Gasteiger partial charge in [-0.25, -0.2) is 0 Å². The van der Waals surface area contributed by atoms with Crippen molar-refractivity contribution < 1.29 is 10.2 Å². The van der Waals surface area contributed by atoms with Crippen LogP contribution in [-0.4, -0.2) is 22.9 Å². The van der Waals surface area contributed by atoms with Crippen LogP contribution >= 0.6 is 15.9 Å². The minimum Gasteiger partial charge on any atom is -0.396 e. The first-order chi connectivity index (χ1) is 5.16. The van der Waals surface area contributed by atoms with Crippen molar-refractivity contribution in [3.63, 3.8) is 0 Å². The average molecular weight is 223 g/mol. The molecule has 0 rings (SSSR count). The predicted octanol–water partition coefficient (Wildman–Crippen LogP) is 1.81. The summed E-state index contributed by atoms with van der Waals surface area (Å²) in [7, 11) is 0. The summed E-state index contributed by atoms with van der Waals surface area (Å²) in [4.78, 5) is 0. The van der Waals surface area contributed by atoms with E-state index in [4.69, 9.17) is 5.11 Å². The van der Waals surface area contributed by atoms with Crippen LogP contribution in [0.2, 0.25) is 0 Å². The van der Waals surface area contributed by atoms with Gasteiger partial charge in [0.15, 0.2) is 0 Å². The van der Waals surface area contributed by atoms with Gasteiger partial charge in [0, 0.05) is 13.0 Å². The van der Waals surface area contributed by atoms with Gasteiger partial charge in [-0.2, -0.15) is 0 Å². The summed E-state index contributed by atoms with van der Waals surface area (Å²) in [6.45, 7) is 3.84. The highest BCUT2D eigenvalue weighted by Crippen LogP contribution is 2.13. The van der Waals surface area contributed by atoms with Crippen molar-refractivity contribution in [1.29, 1.82) is 0 Å². The lowest BCUT2D eigenvalue weighted by Gasteiger charge is -2.07. The van der Waals surface area contributed by atoms with Crippen LogP contribution in [0.15, 0.2) is 11.1 Å². The Labute approximate surface area is 76.1 Å². The summed E-state index contributed by atoms with van der Waals surface area (Å²) in [5.74, 6) is 0. The first-order valence-electron chi connectivity index (χ1n) is 3.79. The summed E-state index contributed by atoms with van der Waals surface area (Å²) in [6.07, 6.45) is 2.67. The standard InChI is InChI=1S/C8H15BrO2/c1-7(9)6-8(11)4-2-3-5-10/h8,10-11H,1-6H2. The van der Waals surface area contributed by atoms with Gasteiger partial charge in [0.25, 0.3) is 0 Å². The number of hydrogen-bond donors (Lipinski definition) is 2. The highest BCUT2D eigenvalue weighted by atomic mass is 79.9. The minimum atomic E-state index is -0.312. The summed E-state index contributed by atoms with van der Waals surface area (Å²) >= 11 is 3.18. The van der Waals surface area contributed by atoms with Crippen molar-refractivity contribution in [2.45, 2.75) is 31.8 Å². The lowest BCUT2D eigenvalue weighted by Crippen LogP contribution is -2.05. The van der Waals surface area contributed by atoms with Gasteiger partial charge in [-0.3, -0.25) is 0 Å². The molecule has 0 heterocycles. The lowest BCUT2D eigenvalue weighted by molar-refractivity contribution is 0.159. The van der Waals surface area contributed by atoms with Gasteiger partial charge in [0.1, 0.15) is 0 Å². The SMILES string of the molecule is C=C(Br)CC(O)CCCCO. The molecular formula is C8H15BrO2. The second kappa shape index (κ2) is 6.83. The fourth-order valence-electron chi connectivity index (χ4n) is 0.849. The molecule has 1 atom stereocenters. The number of rotatable bonds is 6. The van der Waals surface area contributed by atoms with Gasteiger partial charge in [0.2, 0.25) is 0 Å². The first-order valence-corrected chi connectivity index (χ1v) is 4.58. The van der Waals surface area contributed by atoms with Crippen molar-refractivity contribution in [3.05, 3.63) is 11.1 Å². The highest BCUT2D eigenvalue weighted by molar-refractivity contribution is 9.11. The van der Waals surface area contributed by atoms with Crippen LogP contribution in [0.4, 0.5) is 0 Å². The molecule has 0 radical (unpaired) electrons. The predicted molar refractivity (Wildman–Crippen MR) is 49.6 cm³/mol. The van der Waals surface area contributed by atoms with Crippen LogP contribution in [-0.2, 0) is 0 Å². The lowest BCUT2D eigenvalue weighted by atomic mass is 10.1. The maximum atomic E-state index is 9.27. The molecule has 3 heteroatoms. The van der Waals surface area contributed by atoms with E-state index in [-0.39, 0.29) is 12.7 Å². The largest absolute Gasteiger partial charge is 0.396 e. The summed E-state index contributed by atoms with van der Waals surface area (Å²) in [5, 5.41) is 17.7. The zero-order chi connectivity index (χ0) is 8.69. The topological polar surface area (TPSA) is 40.5 Å². The molecule has 66 valence electrons. The summed E-state index contributed by atoms with van der Waals surface area (Å²) in [5.41, 5.74) is 0. The molecule has 0 spiro atoms. The monoisotopic (exact) mass is 222 g/mol. The number of halogens is 1. The van der Waals surface area contributed by atoms with Gasteiger partial charge in [-0.1, -0.05) is 22.5 Å². The van der Waals surface area contributed by atoms with E-state index in [9.17, 15) is 5.11 Å². The number of aliphatic hydroxyl groups excluding tert-OH is 2. The van der Waals surface area contributed by atoms with Crippen LogP contribution < -0.4 is 0 Å². The van der Waals surface area contributed by atoms with E-state index in [0.29, 0.717) is 6.42 Å². The molecule has 0 aromatic carbocycles. The fraction of sp³-hybridized carbons (Fsp3) is 0.750. The number of aliphatic hydroxyl groups is 2. The highest BCUT2D eigenvalue weighted by Gasteiger charge is 2.03. The molecule has 0 aliphatic heterocycles. The van der Waals surface area contributed by atoms with Crippen LogP contribution in [0.3, 0.4) is 0 Å². The van der Waals surface area contributed by atoms with Crippen molar-refractivity contribution in [1.82, 2.24) is 0 Å². The Morgan fingerprint density at radius 2 is 2.09 bits per heavy atom. The van der Waals surface area contributed by atoms with Crippen LogP contribution in [0, 0.1) is 0 Å². The smallest absolute Gasteiger partial charge is 0.0585 e. The molecule has 0 bridgehead atoms. The van der Waals surface area contributed by atoms with E-state index < -0.39 is 0 Å². The summed E-state index contributed by atoms with van der Waals surface area (Å²) < 4.78 is 0.828. The Morgan fingerprint density at radius 1 is 1.45 bits per heavy atom. The van der Waals surface area contributed by atoms with Gasteiger partial charge in [0.05, 0.1) is 6.10 Å². The molecule has 0 amide bonds. The molecule has 0 saturated heterocycles. The molecule has 2 nitrogen and oxygen atoms in total. The molecule has 0 aliphatic carbocycles. The molecule has 0 aromatic rings. The van der Waals surface area contributed by atoms with E-state index in [1.165, 1.54) is 0 Å². The second-order valence-electron chi connectivity index (χ2n) is 2.59. The van der Waals surface area contributed by atoms with Crippen molar-refractivity contribution >= 4 is 15.9 Å². The molecule has 0 aliphatic rings. The molecule has 0 fully saturated rings. The third kappa shape index (κ3) is 8.04. The molecule has 11 heavy (non-hydrogen) atoms. The van der Waals surface area contributed by atoms with E-state index in [0.717, 1.165) is 23.7 Å². The van der Waals surface area contributed by atoms with Crippen LogP contribution in [0.25, 0.3) is 0 Å². The van der Waals surface area contributed by atoms with E-state index in [1.807, 2.05) is 0 Å². The maximum absolute atomic E-state index is 9.27. The molecular weight excluding hydrogens is 208 g/mol. The normalized spacial score (nSPS) is 13.0. The Kier molecular flexibility index (Phi) is 6.91. The Hall–Kier alpha value is 0.140. The van der Waals surface area contributed by atoms with E-state index >= 15 is 0 Å². The number of hydrogen-bond acceptors (Lipinski definition) is 2. The minimum absolute atomic E-state index is 0.210. The Morgan fingerprint density at radius 3 is 2.55 bits per heavy atom. The fourth-order valence-corrected chi connectivity index (χ4v) is 1.22.